The van der Waals surface area contributed by atoms with Crippen LogP contribution in [0.2, 0.25) is 0 Å². The van der Waals surface area contributed by atoms with Crippen LogP contribution in [0.5, 0.6) is 0 Å². The van der Waals surface area contributed by atoms with Crippen LogP contribution in [0.4, 0.5) is 0 Å². The molecule has 3 atom stereocenters. The SMILES string of the molecule is COCCOCCOC(=O)C(CC(C)(C)C(C)(C)C(CC(C)(C)C)C(=O)O)C(C)(C)CC(C)(C)C(C(=O)NC1CCC1)C(C)(C)C. The second kappa shape index (κ2) is 16.2. The van der Waals surface area contributed by atoms with E-state index < -0.39 is 39.5 Å². The van der Waals surface area contributed by atoms with Crippen LogP contribution in [0.25, 0.3) is 0 Å². The monoisotopic (exact) mass is 654 g/mol. The molecule has 46 heavy (non-hydrogen) atoms. The molecule has 0 aromatic carbocycles. The quantitative estimate of drug-likeness (QED) is 0.107. The van der Waals surface area contributed by atoms with Crippen molar-refractivity contribution in [1.29, 1.82) is 0 Å². The summed E-state index contributed by atoms with van der Waals surface area (Å²) in [5.74, 6) is -2.47. The molecule has 1 aliphatic rings. The predicted octanol–water partition coefficient (Wildman–Crippen LogP) is 8.16. The third kappa shape index (κ3) is 12.1. The fraction of sp³-hybridized carbons (Fsp3) is 0.921. The van der Waals surface area contributed by atoms with Crippen LogP contribution in [-0.4, -0.2) is 62.5 Å². The number of nitrogens with one attached hydrogen (secondary N) is 1. The van der Waals surface area contributed by atoms with Crippen molar-refractivity contribution < 1.29 is 33.7 Å². The predicted molar refractivity (Wildman–Crippen MR) is 185 cm³/mol. The highest BCUT2D eigenvalue weighted by Crippen LogP contribution is 2.56. The Bertz CT molecular complexity index is 996. The number of rotatable bonds is 19. The highest BCUT2D eigenvalue weighted by atomic mass is 16.6. The van der Waals surface area contributed by atoms with Gasteiger partial charge in [-0.15, -0.1) is 0 Å². The Hall–Kier alpha value is -1.67. The molecule has 0 aromatic heterocycles. The number of carboxylic acid groups (broad SMARTS) is 1. The van der Waals surface area contributed by atoms with Gasteiger partial charge in [0, 0.05) is 19.1 Å². The van der Waals surface area contributed by atoms with Crippen molar-refractivity contribution in [2.45, 2.75) is 141 Å². The van der Waals surface area contributed by atoms with Crippen LogP contribution >= 0.6 is 0 Å². The van der Waals surface area contributed by atoms with E-state index in [9.17, 15) is 19.5 Å². The van der Waals surface area contributed by atoms with E-state index in [1.807, 2.05) is 13.8 Å². The number of carbonyl (C=O) groups is 3. The first kappa shape index (κ1) is 42.4. The topological polar surface area (TPSA) is 111 Å². The van der Waals surface area contributed by atoms with Crippen LogP contribution < -0.4 is 5.32 Å². The van der Waals surface area contributed by atoms with E-state index in [1.54, 1.807) is 7.11 Å². The van der Waals surface area contributed by atoms with E-state index in [0.29, 0.717) is 32.5 Å². The van der Waals surface area contributed by atoms with Gasteiger partial charge in [-0.25, -0.2) is 0 Å². The summed E-state index contributed by atoms with van der Waals surface area (Å²) in [6, 6.07) is 0.244. The highest BCUT2D eigenvalue weighted by molar-refractivity contribution is 5.80. The molecule has 1 rings (SSSR count). The Morgan fingerprint density at radius 2 is 1.30 bits per heavy atom. The zero-order valence-corrected chi connectivity index (χ0v) is 32.3. The summed E-state index contributed by atoms with van der Waals surface area (Å²) in [7, 11) is 1.61. The Labute approximate surface area is 281 Å². The lowest BCUT2D eigenvalue weighted by Gasteiger charge is -2.51. The second-order valence-electron chi connectivity index (χ2n) is 18.9. The van der Waals surface area contributed by atoms with Crippen molar-refractivity contribution in [1.82, 2.24) is 5.32 Å². The minimum atomic E-state index is -0.814. The summed E-state index contributed by atoms with van der Waals surface area (Å²) < 4.78 is 16.5. The van der Waals surface area contributed by atoms with E-state index in [0.717, 1.165) is 19.3 Å². The maximum Gasteiger partial charge on any atom is 0.309 e. The number of carboxylic acids is 1. The number of hydrogen-bond donors (Lipinski definition) is 2. The smallest absolute Gasteiger partial charge is 0.309 e. The molecule has 8 heteroatoms. The van der Waals surface area contributed by atoms with Crippen molar-refractivity contribution >= 4 is 17.8 Å². The Morgan fingerprint density at radius 1 is 0.761 bits per heavy atom. The number of methoxy groups -OCH3 is 1. The van der Waals surface area contributed by atoms with Gasteiger partial charge in [0.2, 0.25) is 5.91 Å². The minimum Gasteiger partial charge on any atom is -0.481 e. The fourth-order valence-electron chi connectivity index (χ4n) is 7.89. The molecule has 1 fully saturated rings. The van der Waals surface area contributed by atoms with E-state index in [4.69, 9.17) is 14.2 Å². The molecule has 0 aliphatic heterocycles. The molecule has 1 saturated carbocycles. The summed E-state index contributed by atoms with van der Waals surface area (Å²) in [6.45, 7) is 30.6. The summed E-state index contributed by atoms with van der Waals surface area (Å²) >= 11 is 0. The average Bonchev–Trinajstić information content (AvgIpc) is 2.82. The molecular formula is C38H71NO7. The molecule has 0 radical (unpaired) electrons. The maximum absolute atomic E-state index is 14.1. The minimum absolute atomic E-state index is 0.0817. The molecule has 8 nitrogen and oxygen atoms in total. The zero-order chi connectivity index (χ0) is 35.9. The Kier molecular flexibility index (Phi) is 14.9. The number of carbonyl (C=O) groups excluding carboxylic acids is 2. The molecular weight excluding hydrogens is 582 g/mol. The second-order valence-corrected chi connectivity index (χ2v) is 18.9. The van der Waals surface area contributed by atoms with Gasteiger partial charge in [-0.1, -0.05) is 96.9 Å². The van der Waals surface area contributed by atoms with Crippen molar-refractivity contribution in [2.75, 3.05) is 33.5 Å². The summed E-state index contributed by atoms with van der Waals surface area (Å²) in [6.07, 6.45) is 4.75. The first-order chi connectivity index (χ1) is 20.7. The number of esters is 1. The van der Waals surface area contributed by atoms with E-state index in [1.165, 1.54) is 0 Å². The van der Waals surface area contributed by atoms with Gasteiger partial charge in [0.1, 0.15) is 6.61 Å². The van der Waals surface area contributed by atoms with Crippen LogP contribution in [0.3, 0.4) is 0 Å². The van der Waals surface area contributed by atoms with Crippen molar-refractivity contribution in [3.63, 3.8) is 0 Å². The molecule has 1 amide bonds. The van der Waals surface area contributed by atoms with Gasteiger partial charge in [0.25, 0.3) is 0 Å². The molecule has 0 saturated heterocycles. The van der Waals surface area contributed by atoms with Gasteiger partial charge in [0.15, 0.2) is 0 Å². The van der Waals surface area contributed by atoms with Gasteiger partial charge < -0.3 is 24.6 Å². The van der Waals surface area contributed by atoms with Crippen molar-refractivity contribution in [3.05, 3.63) is 0 Å². The Morgan fingerprint density at radius 3 is 1.74 bits per heavy atom. The molecule has 0 heterocycles. The van der Waals surface area contributed by atoms with Crippen LogP contribution in [-0.2, 0) is 28.6 Å². The molecule has 0 aromatic rings. The van der Waals surface area contributed by atoms with Gasteiger partial charge in [-0.2, -0.15) is 0 Å². The van der Waals surface area contributed by atoms with Gasteiger partial charge >= 0.3 is 11.9 Å². The van der Waals surface area contributed by atoms with Crippen molar-refractivity contribution in [3.8, 4) is 0 Å². The lowest BCUT2D eigenvalue weighted by molar-refractivity contribution is -0.161. The number of hydrogen-bond acceptors (Lipinski definition) is 6. The largest absolute Gasteiger partial charge is 0.481 e. The first-order valence-corrected chi connectivity index (χ1v) is 17.5. The number of aliphatic carboxylic acids is 1. The third-order valence-electron chi connectivity index (χ3n) is 10.8. The fourth-order valence-corrected chi connectivity index (χ4v) is 7.89. The van der Waals surface area contributed by atoms with E-state index >= 15 is 0 Å². The van der Waals surface area contributed by atoms with Crippen LogP contribution in [0, 0.1) is 50.2 Å². The van der Waals surface area contributed by atoms with Crippen LogP contribution in [0.15, 0.2) is 0 Å². The van der Waals surface area contributed by atoms with Gasteiger partial charge in [0.05, 0.1) is 31.7 Å². The molecule has 1 aliphatic carbocycles. The average molecular weight is 654 g/mol. The molecule has 3 unspecified atom stereocenters. The first-order valence-electron chi connectivity index (χ1n) is 17.5. The summed E-state index contributed by atoms with van der Waals surface area (Å²) in [5, 5.41) is 13.7. The Balaban J connectivity index is 3.49. The van der Waals surface area contributed by atoms with E-state index in [-0.39, 0.29) is 47.9 Å². The van der Waals surface area contributed by atoms with Gasteiger partial charge in [-0.3, -0.25) is 14.4 Å². The molecule has 2 N–H and O–H groups in total. The maximum atomic E-state index is 14.1. The van der Waals surface area contributed by atoms with Gasteiger partial charge in [-0.05, 0) is 71.0 Å². The summed E-state index contributed by atoms with van der Waals surface area (Å²) in [5.41, 5.74) is -2.70. The number of amides is 1. The van der Waals surface area contributed by atoms with E-state index in [2.05, 4.69) is 88.4 Å². The van der Waals surface area contributed by atoms with Crippen LogP contribution in [0.1, 0.15) is 135 Å². The lowest BCUT2D eigenvalue weighted by atomic mass is 9.52. The number of ether oxygens (including phenoxy) is 3. The molecule has 0 spiro atoms. The molecule has 0 bridgehead atoms. The van der Waals surface area contributed by atoms with Crippen molar-refractivity contribution in [2.24, 2.45) is 50.2 Å². The standard InChI is InChI=1S/C38H71NO7/c1-33(2,3)23-27(31(41)42)38(13,14)37(11,12)24-28(32(43)46-22-21-45-20-19-44-15)35(7,8)25-36(9,10)29(34(4,5)6)30(40)39-26-17-16-18-26/h26-29H,16-25H2,1-15H3,(H,39,40)(H,41,42). The normalized spacial score (nSPS) is 17.5. The highest BCUT2D eigenvalue weighted by Gasteiger charge is 2.53. The third-order valence-corrected chi connectivity index (χ3v) is 10.8. The molecule has 270 valence electrons. The summed E-state index contributed by atoms with van der Waals surface area (Å²) in [4.78, 5) is 40.6. The zero-order valence-electron chi connectivity index (χ0n) is 32.3. The lowest BCUT2D eigenvalue weighted by Crippen LogP contribution is -2.52.